The van der Waals surface area contributed by atoms with Gasteiger partial charge >= 0.3 is 5.97 Å². The molecule has 3 rings (SSSR count). The van der Waals surface area contributed by atoms with Gasteiger partial charge in [0.25, 0.3) is 0 Å². The normalized spacial score (nSPS) is 23.8. The van der Waals surface area contributed by atoms with Gasteiger partial charge in [0.15, 0.2) is 5.96 Å². The molecular weight excluding hydrogens is 352 g/mol. The summed E-state index contributed by atoms with van der Waals surface area (Å²) < 4.78 is 4.93. The van der Waals surface area contributed by atoms with Crippen LogP contribution in [0.25, 0.3) is 0 Å². The Morgan fingerprint density at radius 2 is 1.86 bits per heavy atom. The zero-order valence-electron chi connectivity index (χ0n) is 17.6. The first-order chi connectivity index (χ1) is 13.5. The van der Waals surface area contributed by atoms with Gasteiger partial charge in [-0.05, 0) is 42.4 Å². The summed E-state index contributed by atoms with van der Waals surface area (Å²) in [5, 5.41) is 3.44. The van der Waals surface area contributed by atoms with Gasteiger partial charge in [0.05, 0.1) is 13.0 Å². The summed E-state index contributed by atoms with van der Waals surface area (Å²) >= 11 is 0. The summed E-state index contributed by atoms with van der Waals surface area (Å²) in [5.41, 5.74) is 2.54. The Balaban J connectivity index is 1.53. The molecule has 2 heterocycles. The number of methoxy groups -OCH3 is 1. The molecule has 28 heavy (non-hydrogen) atoms. The van der Waals surface area contributed by atoms with E-state index in [1.165, 1.54) is 31.2 Å². The van der Waals surface area contributed by atoms with E-state index in [0.29, 0.717) is 6.54 Å². The lowest BCUT2D eigenvalue weighted by molar-refractivity contribution is -0.145. The molecular formula is C22H34N4O2. The lowest BCUT2D eigenvalue weighted by atomic mass is 9.99. The van der Waals surface area contributed by atoms with E-state index in [-0.39, 0.29) is 17.8 Å². The van der Waals surface area contributed by atoms with Crippen LogP contribution < -0.4 is 10.2 Å². The van der Waals surface area contributed by atoms with Gasteiger partial charge in [0.1, 0.15) is 0 Å². The maximum Gasteiger partial charge on any atom is 0.310 e. The van der Waals surface area contributed by atoms with Gasteiger partial charge in [-0.1, -0.05) is 26.0 Å². The number of rotatable bonds is 4. The fourth-order valence-corrected chi connectivity index (χ4v) is 4.20. The van der Waals surface area contributed by atoms with E-state index in [2.05, 4.69) is 58.2 Å². The van der Waals surface area contributed by atoms with Crippen LogP contribution in [0.5, 0.6) is 0 Å². The van der Waals surface area contributed by atoms with Crippen LogP contribution in [-0.4, -0.2) is 57.2 Å². The average Bonchev–Trinajstić information content (AvgIpc) is 3.10. The number of nitrogens with zero attached hydrogens (tertiary/aromatic N) is 3. The minimum Gasteiger partial charge on any atom is -0.469 e. The molecule has 0 bridgehead atoms. The number of carbonyl (C=O) groups is 1. The number of guanidine groups is 1. The third-order valence-electron chi connectivity index (χ3n) is 6.16. The fraction of sp³-hybridized carbons (Fsp3) is 0.636. The number of benzene rings is 1. The van der Waals surface area contributed by atoms with Crippen molar-refractivity contribution in [3.63, 3.8) is 0 Å². The van der Waals surface area contributed by atoms with Crippen molar-refractivity contribution in [3.8, 4) is 0 Å². The third kappa shape index (κ3) is 4.78. The molecule has 2 aliphatic heterocycles. The van der Waals surface area contributed by atoms with Crippen molar-refractivity contribution < 1.29 is 9.53 Å². The molecule has 6 nitrogen and oxygen atoms in total. The van der Waals surface area contributed by atoms with Crippen molar-refractivity contribution in [2.45, 2.75) is 33.2 Å². The van der Waals surface area contributed by atoms with Crippen molar-refractivity contribution in [2.24, 2.45) is 22.7 Å². The highest BCUT2D eigenvalue weighted by atomic mass is 16.5. The second kappa shape index (κ2) is 9.30. The van der Waals surface area contributed by atoms with Crippen LogP contribution >= 0.6 is 0 Å². The smallest absolute Gasteiger partial charge is 0.310 e. The van der Waals surface area contributed by atoms with E-state index < -0.39 is 0 Å². The highest BCUT2D eigenvalue weighted by Crippen LogP contribution is 2.25. The Kier molecular flexibility index (Phi) is 6.81. The Labute approximate surface area is 168 Å². The van der Waals surface area contributed by atoms with E-state index in [1.54, 1.807) is 7.05 Å². The SMILES string of the molecule is CN=C(NCc1ccc(N2CCC(C)CC2)cc1)N1CC(C)C(C(=O)OC)C1. The molecule has 2 atom stereocenters. The van der Waals surface area contributed by atoms with Crippen LogP contribution in [0.1, 0.15) is 32.3 Å². The van der Waals surface area contributed by atoms with Gasteiger partial charge in [-0.15, -0.1) is 0 Å². The Bertz CT molecular complexity index is 680. The van der Waals surface area contributed by atoms with Crippen molar-refractivity contribution in [1.29, 1.82) is 0 Å². The number of anilines is 1. The molecule has 0 aliphatic carbocycles. The van der Waals surface area contributed by atoms with Crippen molar-refractivity contribution >= 4 is 17.6 Å². The second-order valence-corrected chi connectivity index (χ2v) is 8.25. The van der Waals surface area contributed by atoms with Crippen LogP contribution in [0, 0.1) is 17.8 Å². The number of ether oxygens (including phenoxy) is 1. The molecule has 0 aromatic heterocycles. The molecule has 1 aromatic rings. The topological polar surface area (TPSA) is 57.2 Å². The van der Waals surface area contributed by atoms with Crippen molar-refractivity contribution in [3.05, 3.63) is 29.8 Å². The van der Waals surface area contributed by atoms with E-state index in [9.17, 15) is 4.79 Å². The highest BCUT2D eigenvalue weighted by molar-refractivity contribution is 5.82. The molecule has 6 heteroatoms. The maximum atomic E-state index is 11.9. The summed E-state index contributed by atoms with van der Waals surface area (Å²) in [5.74, 6) is 1.73. The van der Waals surface area contributed by atoms with Gasteiger partial charge in [0, 0.05) is 45.5 Å². The Hall–Kier alpha value is -2.24. The van der Waals surface area contributed by atoms with Crippen LogP contribution in [0.15, 0.2) is 29.3 Å². The van der Waals surface area contributed by atoms with Crippen LogP contribution in [0.2, 0.25) is 0 Å². The lowest BCUT2D eigenvalue weighted by Crippen LogP contribution is -2.40. The van der Waals surface area contributed by atoms with E-state index in [0.717, 1.165) is 38.1 Å². The maximum absolute atomic E-state index is 11.9. The van der Waals surface area contributed by atoms with Gasteiger partial charge in [-0.3, -0.25) is 9.79 Å². The second-order valence-electron chi connectivity index (χ2n) is 8.25. The van der Waals surface area contributed by atoms with Crippen LogP contribution in [0.3, 0.4) is 0 Å². The van der Waals surface area contributed by atoms with E-state index in [4.69, 9.17) is 4.74 Å². The largest absolute Gasteiger partial charge is 0.469 e. The van der Waals surface area contributed by atoms with Crippen molar-refractivity contribution in [1.82, 2.24) is 10.2 Å². The number of likely N-dealkylation sites (tertiary alicyclic amines) is 1. The predicted octanol–water partition coefficient (Wildman–Crippen LogP) is 2.74. The van der Waals surface area contributed by atoms with Gasteiger partial charge in [0.2, 0.25) is 0 Å². The molecule has 2 saturated heterocycles. The number of piperidine rings is 1. The highest BCUT2D eigenvalue weighted by Gasteiger charge is 2.36. The summed E-state index contributed by atoms with van der Waals surface area (Å²) in [6, 6.07) is 8.83. The zero-order valence-corrected chi connectivity index (χ0v) is 17.6. The first-order valence-corrected chi connectivity index (χ1v) is 10.4. The van der Waals surface area contributed by atoms with Gasteiger partial charge < -0.3 is 19.9 Å². The summed E-state index contributed by atoms with van der Waals surface area (Å²) in [6.45, 7) is 8.92. The van der Waals surface area contributed by atoms with Gasteiger partial charge in [-0.25, -0.2) is 0 Å². The lowest BCUT2D eigenvalue weighted by Gasteiger charge is -2.32. The summed E-state index contributed by atoms with van der Waals surface area (Å²) in [6.07, 6.45) is 2.56. The zero-order chi connectivity index (χ0) is 20.1. The number of carbonyl (C=O) groups excluding carboxylic acids is 1. The molecule has 2 aliphatic rings. The monoisotopic (exact) mass is 386 g/mol. The summed E-state index contributed by atoms with van der Waals surface area (Å²) in [7, 11) is 3.25. The molecule has 0 spiro atoms. The number of hydrogen-bond acceptors (Lipinski definition) is 4. The third-order valence-corrected chi connectivity index (χ3v) is 6.16. The number of aliphatic imine (C=N–C) groups is 1. The minimum atomic E-state index is -0.131. The Morgan fingerprint density at radius 1 is 1.18 bits per heavy atom. The molecule has 1 N–H and O–H groups in total. The molecule has 0 amide bonds. The van der Waals surface area contributed by atoms with E-state index in [1.807, 2.05) is 0 Å². The summed E-state index contributed by atoms with van der Waals surface area (Å²) in [4.78, 5) is 21.0. The molecule has 2 fully saturated rings. The van der Waals surface area contributed by atoms with Gasteiger partial charge in [-0.2, -0.15) is 0 Å². The van der Waals surface area contributed by atoms with E-state index >= 15 is 0 Å². The number of esters is 1. The standard InChI is InChI=1S/C22H34N4O2/c1-16-9-11-25(12-10-16)19-7-5-18(6-8-19)13-24-22(23-3)26-14-17(2)20(15-26)21(27)28-4/h5-8,16-17,20H,9-15H2,1-4H3,(H,23,24). The van der Waals surface area contributed by atoms with Crippen LogP contribution in [-0.2, 0) is 16.1 Å². The molecule has 0 radical (unpaired) electrons. The number of nitrogens with one attached hydrogen (secondary N) is 1. The quantitative estimate of drug-likeness (QED) is 0.490. The molecule has 0 saturated carbocycles. The average molecular weight is 387 g/mol. The molecule has 154 valence electrons. The molecule has 1 aromatic carbocycles. The number of hydrogen-bond donors (Lipinski definition) is 1. The Morgan fingerprint density at radius 3 is 2.46 bits per heavy atom. The molecule has 2 unspecified atom stereocenters. The van der Waals surface area contributed by atoms with Crippen molar-refractivity contribution in [2.75, 3.05) is 45.2 Å². The predicted molar refractivity (Wildman–Crippen MR) is 113 cm³/mol. The minimum absolute atomic E-state index is 0.0879. The first-order valence-electron chi connectivity index (χ1n) is 10.4. The fourth-order valence-electron chi connectivity index (χ4n) is 4.20. The van der Waals surface area contributed by atoms with Crippen LogP contribution in [0.4, 0.5) is 5.69 Å². The first kappa shape index (κ1) is 20.5.